The predicted molar refractivity (Wildman–Crippen MR) is 103 cm³/mol. The van der Waals surface area contributed by atoms with Crippen molar-refractivity contribution in [2.24, 2.45) is 0 Å². The minimum atomic E-state index is -0.506. The molecule has 0 bridgehead atoms. The molecule has 4 rings (SSSR count). The quantitative estimate of drug-likeness (QED) is 0.700. The zero-order valence-electron chi connectivity index (χ0n) is 14.5. The highest BCUT2D eigenvalue weighted by atomic mass is 32.2. The van der Waals surface area contributed by atoms with Gasteiger partial charge < -0.3 is 10.1 Å². The summed E-state index contributed by atoms with van der Waals surface area (Å²) in [7, 11) is 0. The van der Waals surface area contributed by atoms with Gasteiger partial charge in [0.2, 0.25) is 5.88 Å². The van der Waals surface area contributed by atoms with Crippen LogP contribution in [0.2, 0.25) is 0 Å². The van der Waals surface area contributed by atoms with Crippen molar-refractivity contribution >= 4 is 23.4 Å². The van der Waals surface area contributed by atoms with Crippen LogP contribution in [0.4, 0.5) is 5.69 Å². The summed E-state index contributed by atoms with van der Waals surface area (Å²) >= 11 is 1.51. The number of nitrogens with zero attached hydrogens (tertiary/aromatic N) is 3. The van der Waals surface area contributed by atoms with Gasteiger partial charge in [-0.3, -0.25) is 14.2 Å². The first-order valence-corrected chi connectivity index (χ1v) is 9.33. The van der Waals surface area contributed by atoms with Gasteiger partial charge in [0.15, 0.2) is 5.16 Å². The van der Waals surface area contributed by atoms with Crippen molar-refractivity contribution in [3.8, 4) is 11.6 Å². The number of fused-ring (bicyclic) bond motifs is 1. The standard InChI is InChI=1S/C19H16N4O3S/c1-12-2-5-14(6-3-12)26-16-7-4-13(10-20-16)22-17(24)15-11-21-19-23(18(15)25)8-9-27-19/h2-7,10-11H,8-9H2,1H3,(H,22,24). The van der Waals surface area contributed by atoms with Crippen molar-refractivity contribution in [3.63, 3.8) is 0 Å². The Morgan fingerprint density at radius 1 is 1.15 bits per heavy atom. The number of amides is 1. The highest BCUT2D eigenvalue weighted by molar-refractivity contribution is 7.99. The maximum Gasteiger partial charge on any atom is 0.267 e. The third-order valence-corrected chi connectivity index (χ3v) is 5.01. The fourth-order valence-corrected chi connectivity index (χ4v) is 3.53. The molecule has 0 aliphatic carbocycles. The number of thioether (sulfide) groups is 1. The number of ether oxygens (including phenoxy) is 1. The van der Waals surface area contributed by atoms with Crippen LogP contribution in [0.3, 0.4) is 0 Å². The molecule has 8 heteroatoms. The molecule has 0 radical (unpaired) electrons. The Labute approximate surface area is 159 Å². The first-order chi connectivity index (χ1) is 13.1. The molecule has 1 aromatic carbocycles. The van der Waals surface area contributed by atoms with Crippen molar-refractivity contribution in [3.05, 3.63) is 70.3 Å². The summed E-state index contributed by atoms with van der Waals surface area (Å²) < 4.78 is 7.18. The lowest BCUT2D eigenvalue weighted by Crippen LogP contribution is -2.29. The number of carbonyl (C=O) groups is 1. The molecule has 27 heavy (non-hydrogen) atoms. The van der Waals surface area contributed by atoms with E-state index in [4.69, 9.17) is 4.74 Å². The summed E-state index contributed by atoms with van der Waals surface area (Å²) in [6, 6.07) is 10.9. The number of pyridine rings is 1. The summed E-state index contributed by atoms with van der Waals surface area (Å²) in [6.07, 6.45) is 2.81. The summed E-state index contributed by atoms with van der Waals surface area (Å²) in [5, 5.41) is 3.32. The number of anilines is 1. The topological polar surface area (TPSA) is 86.1 Å². The maximum absolute atomic E-state index is 12.4. The summed E-state index contributed by atoms with van der Waals surface area (Å²) in [4.78, 5) is 33.2. The van der Waals surface area contributed by atoms with Crippen LogP contribution in [0.15, 0.2) is 58.7 Å². The van der Waals surface area contributed by atoms with Crippen LogP contribution in [-0.4, -0.2) is 26.2 Å². The molecule has 3 heterocycles. The van der Waals surface area contributed by atoms with Crippen LogP contribution in [0.25, 0.3) is 0 Å². The van der Waals surface area contributed by atoms with E-state index in [0.717, 1.165) is 11.3 Å². The molecule has 1 aliphatic rings. The van der Waals surface area contributed by atoms with Crippen LogP contribution in [-0.2, 0) is 6.54 Å². The lowest BCUT2D eigenvalue weighted by molar-refractivity contribution is 0.102. The maximum atomic E-state index is 12.4. The Kier molecular flexibility index (Phi) is 4.64. The zero-order chi connectivity index (χ0) is 18.8. The molecule has 3 aromatic rings. The van der Waals surface area contributed by atoms with E-state index in [1.165, 1.54) is 28.7 Å². The highest BCUT2D eigenvalue weighted by Crippen LogP contribution is 2.22. The van der Waals surface area contributed by atoms with Crippen LogP contribution < -0.4 is 15.6 Å². The van der Waals surface area contributed by atoms with Crippen molar-refractivity contribution in [2.45, 2.75) is 18.6 Å². The third-order valence-electron chi connectivity index (χ3n) is 4.04. The van der Waals surface area contributed by atoms with Crippen LogP contribution in [0.5, 0.6) is 11.6 Å². The molecule has 1 aliphatic heterocycles. The molecule has 0 fully saturated rings. The second-order valence-corrected chi connectivity index (χ2v) is 7.08. The van der Waals surface area contributed by atoms with Gasteiger partial charge >= 0.3 is 0 Å². The lowest BCUT2D eigenvalue weighted by atomic mass is 10.2. The molecule has 0 saturated carbocycles. The van der Waals surface area contributed by atoms with Crippen molar-refractivity contribution in [1.82, 2.24) is 14.5 Å². The molecule has 0 atom stereocenters. The monoisotopic (exact) mass is 380 g/mol. The summed E-state index contributed by atoms with van der Waals surface area (Å²) in [5.74, 6) is 1.38. The van der Waals surface area contributed by atoms with Crippen molar-refractivity contribution in [2.75, 3.05) is 11.1 Å². The summed E-state index contributed by atoms with van der Waals surface area (Å²) in [5.41, 5.74) is 1.30. The van der Waals surface area contributed by atoms with E-state index in [2.05, 4.69) is 15.3 Å². The molecular weight excluding hydrogens is 364 g/mol. The molecular formula is C19H16N4O3S. The van der Waals surface area contributed by atoms with Gasteiger partial charge in [0, 0.05) is 24.6 Å². The van der Waals surface area contributed by atoms with E-state index >= 15 is 0 Å². The number of aryl methyl sites for hydroxylation is 1. The van der Waals surface area contributed by atoms with E-state index in [-0.39, 0.29) is 11.1 Å². The highest BCUT2D eigenvalue weighted by Gasteiger charge is 2.20. The molecule has 0 unspecified atom stereocenters. The van der Waals surface area contributed by atoms with E-state index in [0.29, 0.717) is 29.0 Å². The molecule has 0 saturated heterocycles. The second-order valence-electron chi connectivity index (χ2n) is 6.01. The smallest absolute Gasteiger partial charge is 0.267 e. The van der Waals surface area contributed by atoms with Gasteiger partial charge in [-0.25, -0.2) is 9.97 Å². The molecule has 1 N–H and O–H groups in total. The average Bonchev–Trinajstić information content (AvgIpc) is 3.15. The van der Waals surface area contributed by atoms with Gasteiger partial charge in [-0.05, 0) is 25.1 Å². The second kappa shape index (κ2) is 7.24. The SMILES string of the molecule is Cc1ccc(Oc2ccc(NC(=O)c3cnc4n(c3=O)CCS4)cn2)cc1. The largest absolute Gasteiger partial charge is 0.439 e. The van der Waals surface area contributed by atoms with Gasteiger partial charge in [-0.2, -0.15) is 0 Å². The van der Waals surface area contributed by atoms with Crippen LogP contribution >= 0.6 is 11.8 Å². The normalized spacial score (nSPS) is 12.5. The number of nitrogens with one attached hydrogen (secondary N) is 1. The van der Waals surface area contributed by atoms with Gasteiger partial charge in [0.1, 0.15) is 11.3 Å². The number of carbonyl (C=O) groups excluding carboxylic acids is 1. The third kappa shape index (κ3) is 3.70. The average molecular weight is 380 g/mol. The van der Waals surface area contributed by atoms with E-state index in [9.17, 15) is 9.59 Å². The van der Waals surface area contributed by atoms with E-state index < -0.39 is 5.91 Å². The van der Waals surface area contributed by atoms with Crippen LogP contribution in [0, 0.1) is 6.92 Å². The van der Waals surface area contributed by atoms with Gasteiger partial charge in [-0.1, -0.05) is 29.5 Å². The summed E-state index contributed by atoms with van der Waals surface area (Å²) in [6.45, 7) is 2.57. The minimum Gasteiger partial charge on any atom is -0.439 e. The Balaban J connectivity index is 1.46. The van der Waals surface area contributed by atoms with Gasteiger partial charge in [0.25, 0.3) is 11.5 Å². The van der Waals surface area contributed by atoms with Crippen LogP contribution in [0.1, 0.15) is 15.9 Å². The van der Waals surface area contributed by atoms with E-state index in [1.807, 2.05) is 31.2 Å². The zero-order valence-corrected chi connectivity index (χ0v) is 15.3. The van der Waals surface area contributed by atoms with Crippen molar-refractivity contribution < 1.29 is 9.53 Å². The fraction of sp³-hybridized carbons (Fsp3) is 0.158. The Bertz CT molecular complexity index is 1050. The Morgan fingerprint density at radius 2 is 1.96 bits per heavy atom. The molecule has 0 spiro atoms. The first-order valence-electron chi connectivity index (χ1n) is 8.35. The number of hydrogen-bond donors (Lipinski definition) is 1. The Morgan fingerprint density at radius 3 is 2.70 bits per heavy atom. The predicted octanol–water partition coefficient (Wildman–Crippen LogP) is 3.10. The molecule has 136 valence electrons. The van der Waals surface area contributed by atoms with E-state index in [1.54, 1.807) is 12.1 Å². The molecule has 2 aromatic heterocycles. The lowest BCUT2D eigenvalue weighted by Gasteiger charge is -2.08. The molecule has 1 amide bonds. The number of aromatic nitrogens is 3. The fourth-order valence-electron chi connectivity index (χ4n) is 2.61. The van der Waals surface area contributed by atoms with Gasteiger partial charge in [0.05, 0.1) is 11.9 Å². The first kappa shape index (κ1) is 17.3. The number of benzene rings is 1. The van der Waals surface area contributed by atoms with Gasteiger partial charge in [-0.15, -0.1) is 0 Å². The Hall–Kier alpha value is -3.13. The molecule has 7 nitrogen and oxygen atoms in total. The minimum absolute atomic E-state index is 0.0150. The van der Waals surface area contributed by atoms with Crippen molar-refractivity contribution in [1.29, 1.82) is 0 Å². The number of rotatable bonds is 4. The number of hydrogen-bond acceptors (Lipinski definition) is 6.